The van der Waals surface area contributed by atoms with Crippen LogP contribution >= 0.6 is 27.3 Å². The number of nitrogens with two attached hydrogens (primary N) is 2. The molecule has 7 heteroatoms. The molecule has 4 N–H and O–H groups in total. The molecular weight excluding hydrogens is 302 g/mol. The summed E-state index contributed by atoms with van der Waals surface area (Å²) in [7, 11) is 1.94. The molecule has 0 amide bonds. The van der Waals surface area contributed by atoms with E-state index < -0.39 is 0 Å². The van der Waals surface area contributed by atoms with Crippen molar-refractivity contribution in [3.8, 4) is 0 Å². The lowest BCUT2D eigenvalue weighted by molar-refractivity contribution is 0.898. The first-order valence-corrected chi connectivity index (χ1v) is 6.56. The minimum absolute atomic E-state index is 0.193. The summed E-state index contributed by atoms with van der Waals surface area (Å²) in [6.45, 7) is 0.748. The van der Waals surface area contributed by atoms with E-state index in [4.69, 9.17) is 11.5 Å². The van der Waals surface area contributed by atoms with E-state index in [1.165, 1.54) is 5.56 Å². The first-order valence-electron chi connectivity index (χ1n) is 4.88. The number of nitrogens with zero attached hydrogens (tertiary/aromatic N) is 3. The summed E-state index contributed by atoms with van der Waals surface area (Å²) in [5.74, 6) is 1.29. The molecule has 0 saturated heterocycles. The summed E-state index contributed by atoms with van der Waals surface area (Å²) in [6, 6.07) is 3.78. The third-order valence-electron chi connectivity index (χ3n) is 2.18. The summed E-state index contributed by atoms with van der Waals surface area (Å²) < 4.78 is 1.11. The minimum atomic E-state index is 0.193. The van der Waals surface area contributed by atoms with Crippen molar-refractivity contribution >= 4 is 44.9 Å². The highest BCUT2D eigenvalue weighted by molar-refractivity contribution is 9.11. The van der Waals surface area contributed by atoms with Gasteiger partial charge in [-0.25, -0.2) is 0 Å². The van der Waals surface area contributed by atoms with Crippen LogP contribution in [0.4, 0.5) is 17.6 Å². The monoisotopic (exact) mass is 313 g/mol. The lowest BCUT2D eigenvalue weighted by Gasteiger charge is -2.17. The van der Waals surface area contributed by atoms with Crippen LogP contribution in [0.5, 0.6) is 0 Å². The smallest absolute Gasteiger partial charge is 0.223 e. The van der Waals surface area contributed by atoms with Crippen LogP contribution in [0.1, 0.15) is 5.56 Å². The number of nitrogen functional groups attached to an aromatic ring is 2. The average Bonchev–Trinajstić information content (AvgIpc) is 2.62. The lowest BCUT2D eigenvalue weighted by atomic mass is 10.3. The van der Waals surface area contributed by atoms with Gasteiger partial charge in [-0.15, -0.1) is 11.3 Å². The molecule has 0 aromatic carbocycles. The number of rotatable bonds is 3. The fourth-order valence-corrected chi connectivity index (χ4v) is 2.65. The second-order valence-electron chi connectivity index (χ2n) is 3.62. The Bertz CT molecular complexity index is 507. The SMILES string of the molecule is CN(Cc1csc(Br)c1)c1cc(N)nc(N)n1. The Kier molecular flexibility index (Phi) is 3.49. The molecule has 0 bridgehead atoms. The van der Waals surface area contributed by atoms with Gasteiger partial charge in [-0.3, -0.25) is 0 Å². The fourth-order valence-electron chi connectivity index (χ4n) is 1.45. The number of halogens is 1. The molecule has 2 heterocycles. The predicted octanol–water partition coefficient (Wildman–Crippen LogP) is 2.10. The zero-order valence-corrected chi connectivity index (χ0v) is 11.6. The van der Waals surface area contributed by atoms with E-state index in [9.17, 15) is 0 Å². The second-order valence-corrected chi connectivity index (χ2v) is 5.91. The van der Waals surface area contributed by atoms with Crippen LogP contribution in [-0.4, -0.2) is 17.0 Å². The van der Waals surface area contributed by atoms with Gasteiger partial charge in [0.1, 0.15) is 11.6 Å². The van der Waals surface area contributed by atoms with Crippen LogP contribution in [0.15, 0.2) is 21.3 Å². The summed E-state index contributed by atoms with van der Waals surface area (Å²) in [5.41, 5.74) is 12.4. The summed E-state index contributed by atoms with van der Waals surface area (Å²) in [5, 5.41) is 2.09. The van der Waals surface area contributed by atoms with Gasteiger partial charge in [0.05, 0.1) is 3.79 Å². The van der Waals surface area contributed by atoms with Gasteiger partial charge in [0, 0.05) is 19.7 Å². The zero-order valence-electron chi connectivity index (χ0n) is 9.22. The quantitative estimate of drug-likeness (QED) is 0.907. The highest BCUT2D eigenvalue weighted by Gasteiger charge is 2.07. The van der Waals surface area contributed by atoms with Gasteiger partial charge >= 0.3 is 0 Å². The largest absolute Gasteiger partial charge is 0.383 e. The Morgan fingerprint density at radius 2 is 2.12 bits per heavy atom. The molecule has 0 radical (unpaired) electrons. The lowest BCUT2D eigenvalue weighted by Crippen LogP contribution is -2.18. The van der Waals surface area contributed by atoms with E-state index in [1.807, 2.05) is 11.9 Å². The summed E-state index contributed by atoms with van der Waals surface area (Å²) >= 11 is 5.09. The third-order valence-corrected chi connectivity index (χ3v) is 3.74. The number of hydrogen-bond acceptors (Lipinski definition) is 6. The molecule has 0 aliphatic carbocycles. The van der Waals surface area contributed by atoms with Gasteiger partial charge < -0.3 is 16.4 Å². The molecule has 2 aromatic rings. The number of aromatic nitrogens is 2. The number of anilines is 3. The van der Waals surface area contributed by atoms with Gasteiger partial charge in [0.25, 0.3) is 0 Å². The maximum absolute atomic E-state index is 5.63. The molecular formula is C10H12BrN5S. The fraction of sp³-hybridized carbons (Fsp3) is 0.200. The third kappa shape index (κ3) is 3.07. The molecule has 2 aromatic heterocycles. The van der Waals surface area contributed by atoms with E-state index in [2.05, 4.69) is 37.3 Å². The molecule has 0 spiro atoms. The molecule has 0 aliphatic heterocycles. The Balaban J connectivity index is 2.16. The Morgan fingerprint density at radius 3 is 2.71 bits per heavy atom. The first kappa shape index (κ1) is 12.1. The van der Waals surface area contributed by atoms with Gasteiger partial charge in [0.2, 0.25) is 5.95 Å². The predicted molar refractivity (Wildman–Crippen MR) is 75.0 cm³/mol. The van der Waals surface area contributed by atoms with Crippen LogP contribution in [0.25, 0.3) is 0 Å². The van der Waals surface area contributed by atoms with Crippen molar-refractivity contribution in [1.29, 1.82) is 0 Å². The molecule has 2 rings (SSSR count). The van der Waals surface area contributed by atoms with Crippen molar-refractivity contribution in [2.75, 3.05) is 23.4 Å². The molecule has 90 valence electrons. The topological polar surface area (TPSA) is 81.1 Å². The normalized spacial score (nSPS) is 10.5. The Labute approximate surface area is 112 Å². The van der Waals surface area contributed by atoms with Gasteiger partial charge in [-0.05, 0) is 32.9 Å². The summed E-state index contributed by atoms with van der Waals surface area (Å²) in [6.07, 6.45) is 0. The number of hydrogen-bond donors (Lipinski definition) is 2. The molecule has 0 aliphatic rings. The molecule has 0 unspecified atom stereocenters. The second kappa shape index (κ2) is 4.89. The van der Waals surface area contributed by atoms with E-state index in [0.29, 0.717) is 5.82 Å². The van der Waals surface area contributed by atoms with E-state index in [0.717, 1.165) is 16.1 Å². The van der Waals surface area contributed by atoms with Gasteiger partial charge in [-0.1, -0.05) is 0 Å². The van der Waals surface area contributed by atoms with E-state index in [1.54, 1.807) is 17.4 Å². The standard InChI is InChI=1S/C10H12BrN5S/c1-16(4-6-2-7(11)17-5-6)9-3-8(12)14-10(13)15-9/h2-3,5H,4H2,1H3,(H4,12,13,14,15). The van der Waals surface area contributed by atoms with E-state index in [-0.39, 0.29) is 5.95 Å². The molecule has 0 atom stereocenters. The Hall–Kier alpha value is -1.34. The van der Waals surface area contributed by atoms with E-state index >= 15 is 0 Å². The van der Waals surface area contributed by atoms with Gasteiger partial charge in [0.15, 0.2) is 0 Å². The van der Waals surface area contributed by atoms with Crippen LogP contribution in [0.2, 0.25) is 0 Å². The van der Waals surface area contributed by atoms with Crippen LogP contribution in [0, 0.1) is 0 Å². The van der Waals surface area contributed by atoms with Crippen molar-refractivity contribution in [1.82, 2.24) is 9.97 Å². The maximum Gasteiger partial charge on any atom is 0.223 e. The molecule has 5 nitrogen and oxygen atoms in total. The van der Waals surface area contributed by atoms with Crippen molar-refractivity contribution in [2.45, 2.75) is 6.54 Å². The minimum Gasteiger partial charge on any atom is -0.383 e. The van der Waals surface area contributed by atoms with Crippen molar-refractivity contribution in [2.24, 2.45) is 0 Å². The Morgan fingerprint density at radius 1 is 1.35 bits per heavy atom. The van der Waals surface area contributed by atoms with Crippen molar-refractivity contribution in [3.05, 3.63) is 26.9 Å². The zero-order chi connectivity index (χ0) is 12.4. The molecule has 0 saturated carbocycles. The molecule has 0 fully saturated rings. The average molecular weight is 314 g/mol. The number of thiophene rings is 1. The van der Waals surface area contributed by atoms with Crippen LogP contribution in [-0.2, 0) is 6.54 Å². The highest BCUT2D eigenvalue weighted by Crippen LogP contribution is 2.23. The first-order chi connectivity index (χ1) is 8.04. The van der Waals surface area contributed by atoms with Crippen molar-refractivity contribution in [3.63, 3.8) is 0 Å². The van der Waals surface area contributed by atoms with Crippen LogP contribution < -0.4 is 16.4 Å². The maximum atomic E-state index is 5.63. The summed E-state index contributed by atoms with van der Waals surface area (Å²) in [4.78, 5) is 9.96. The van der Waals surface area contributed by atoms with Crippen molar-refractivity contribution < 1.29 is 0 Å². The van der Waals surface area contributed by atoms with Crippen LogP contribution in [0.3, 0.4) is 0 Å². The molecule has 17 heavy (non-hydrogen) atoms. The van der Waals surface area contributed by atoms with Gasteiger partial charge in [-0.2, -0.15) is 9.97 Å². The highest BCUT2D eigenvalue weighted by atomic mass is 79.9.